The summed E-state index contributed by atoms with van der Waals surface area (Å²) >= 11 is 0. The van der Waals surface area contributed by atoms with Crippen molar-refractivity contribution in [2.45, 2.75) is 26.2 Å². The number of hydrogen-bond acceptors (Lipinski definition) is 2. The summed E-state index contributed by atoms with van der Waals surface area (Å²) in [4.78, 5) is 26.9. The molecule has 1 heterocycles. The maximum Gasteiger partial charge on any atom is 0.255 e. The SMILES string of the molecule is CCc1ccccc1NC(=O)c1cccc(C(=O)N2CCCC2)c1. The number of hydrogen-bond donors (Lipinski definition) is 1. The van der Waals surface area contributed by atoms with E-state index in [1.165, 1.54) is 0 Å². The van der Waals surface area contributed by atoms with Crippen molar-refractivity contribution in [1.82, 2.24) is 4.90 Å². The van der Waals surface area contributed by atoms with Gasteiger partial charge in [0.2, 0.25) is 0 Å². The van der Waals surface area contributed by atoms with Crippen LogP contribution in [0.25, 0.3) is 0 Å². The van der Waals surface area contributed by atoms with E-state index >= 15 is 0 Å². The first-order valence-electron chi connectivity index (χ1n) is 8.47. The molecule has 1 N–H and O–H groups in total. The fourth-order valence-corrected chi connectivity index (χ4v) is 3.04. The lowest BCUT2D eigenvalue weighted by atomic mass is 10.1. The van der Waals surface area contributed by atoms with Crippen LogP contribution in [-0.2, 0) is 6.42 Å². The quantitative estimate of drug-likeness (QED) is 0.932. The van der Waals surface area contributed by atoms with Gasteiger partial charge in [-0.3, -0.25) is 9.59 Å². The monoisotopic (exact) mass is 322 g/mol. The van der Waals surface area contributed by atoms with E-state index in [2.05, 4.69) is 12.2 Å². The third kappa shape index (κ3) is 3.48. The number of amides is 2. The number of carbonyl (C=O) groups is 2. The van der Waals surface area contributed by atoms with E-state index in [-0.39, 0.29) is 11.8 Å². The van der Waals surface area contributed by atoms with Gasteiger partial charge < -0.3 is 10.2 Å². The van der Waals surface area contributed by atoms with Crippen LogP contribution >= 0.6 is 0 Å². The number of nitrogens with zero attached hydrogens (tertiary/aromatic N) is 1. The van der Waals surface area contributed by atoms with E-state index < -0.39 is 0 Å². The predicted octanol–water partition coefficient (Wildman–Crippen LogP) is 3.74. The molecule has 4 heteroatoms. The summed E-state index contributed by atoms with van der Waals surface area (Å²) in [5, 5.41) is 2.95. The summed E-state index contributed by atoms with van der Waals surface area (Å²) in [5.74, 6) is -0.178. The van der Waals surface area contributed by atoms with Crippen molar-refractivity contribution in [3.63, 3.8) is 0 Å². The van der Waals surface area contributed by atoms with Crippen LogP contribution in [0.1, 0.15) is 46.0 Å². The number of benzene rings is 2. The van der Waals surface area contributed by atoms with Crippen LogP contribution < -0.4 is 5.32 Å². The van der Waals surface area contributed by atoms with Crippen LogP contribution in [0.5, 0.6) is 0 Å². The summed E-state index contributed by atoms with van der Waals surface area (Å²) in [6.07, 6.45) is 2.96. The lowest BCUT2D eigenvalue weighted by Crippen LogP contribution is -2.27. The van der Waals surface area contributed by atoms with E-state index in [0.29, 0.717) is 11.1 Å². The number of carbonyl (C=O) groups excluding carboxylic acids is 2. The minimum absolute atomic E-state index is 0.0103. The molecule has 0 spiro atoms. The van der Waals surface area contributed by atoms with Gasteiger partial charge in [-0.2, -0.15) is 0 Å². The van der Waals surface area contributed by atoms with Gasteiger partial charge in [0.05, 0.1) is 0 Å². The van der Waals surface area contributed by atoms with Crippen LogP contribution in [0.4, 0.5) is 5.69 Å². The zero-order valence-corrected chi connectivity index (χ0v) is 13.9. The number of likely N-dealkylation sites (tertiary alicyclic amines) is 1. The smallest absolute Gasteiger partial charge is 0.255 e. The molecule has 1 aliphatic heterocycles. The second kappa shape index (κ2) is 7.30. The average Bonchev–Trinajstić information content (AvgIpc) is 3.16. The minimum Gasteiger partial charge on any atom is -0.339 e. The first kappa shape index (κ1) is 16.2. The highest BCUT2D eigenvalue weighted by molar-refractivity contribution is 6.06. The van der Waals surface area contributed by atoms with Crippen molar-refractivity contribution in [2.75, 3.05) is 18.4 Å². The molecule has 3 rings (SSSR count). The van der Waals surface area contributed by atoms with Gasteiger partial charge in [0.1, 0.15) is 0 Å². The van der Waals surface area contributed by atoms with Gasteiger partial charge in [0.25, 0.3) is 11.8 Å². The molecule has 1 fully saturated rings. The average molecular weight is 322 g/mol. The van der Waals surface area contributed by atoms with Crippen LogP contribution in [0.3, 0.4) is 0 Å². The van der Waals surface area contributed by atoms with Crippen LogP contribution in [0, 0.1) is 0 Å². The third-order valence-electron chi connectivity index (χ3n) is 4.41. The standard InChI is InChI=1S/C20H22N2O2/c1-2-15-8-3-4-11-18(15)21-19(23)16-9-7-10-17(14-16)20(24)22-12-5-6-13-22/h3-4,7-11,14H,2,5-6,12-13H2,1H3,(H,21,23). The van der Waals surface area contributed by atoms with E-state index in [0.717, 1.165) is 43.6 Å². The van der Waals surface area contributed by atoms with E-state index in [1.54, 1.807) is 24.3 Å². The Bertz CT molecular complexity index is 749. The molecule has 2 amide bonds. The van der Waals surface area contributed by atoms with Gasteiger partial charge in [-0.15, -0.1) is 0 Å². The normalized spacial score (nSPS) is 13.8. The van der Waals surface area contributed by atoms with Crippen LogP contribution in [0.15, 0.2) is 48.5 Å². The van der Waals surface area contributed by atoms with Crippen molar-refractivity contribution in [2.24, 2.45) is 0 Å². The Kier molecular flexibility index (Phi) is 4.94. The van der Waals surface area contributed by atoms with Gasteiger partial charge >= 0.3 is 0 Å². The Morgan fingerprint density at radius 3 is 2.46 bits per heavy atom. The molecule has 2 aromatic rings. The van der Waals surface area contributed by atoms with Crippen molar-refractivity contribution in [3.05, 3.63) is 65.2 Å². The molecule has 0 aliphatic carbocycles. The minimum atomic E-state index is -0.188. The van der Waals surface area contributed by atoms with Gasteiger partial charge in [0, 0.05) is 29.9 Å². The van der Waals surface area contributed by atoms with E-state index in [1.807, 2.05) is 29.2 Å². The molecule has 1 saturated heterocycles. The van der Waals surface area contributed by atoms with Crippen LogP contribution in [0.2, 0.25) is 0 Å². The Hall–Kier alpha value is -2.62. The fraction of sp³-hybridized carbons (Fsp3) is 0.300. The molecule has 24 heavy (non-hydrogen) atoms. The maximum atomic E-state index is 12.5. The number of anilines is 1. The lowest BCUT2D eigenvalue weighted by Gasteiger charge is -2.16. The Morgan fingerprint density at radius 2 is 1.71 bits per heavy atom. The molecule has 0 atom stereocenters. The lowest BCUT2D eigenvalue weighted by molar-refractivity contribution is 0.0793. The molecule has 1 aliphatic rings. The molecule has 0 bridgehead atoms. The highest BCUT2D eigenvalue weighted by atomic mass is 16.2. The van der Waals surface area contributed by atoms with Crippen molar-refractivity contribution in [3.8, 4) is 0 Å². The van der Waals surface area contributed by atoms with E-state index in [9.17, 15) is 9.59 Å². The number of rotatable bonds is 4. The Balaban J connectivity index is 1.78. The van der Waals surface area contributed by atoms with Crippen molar-refractivity contribution >= 4 is 17.5 Å². The molecule has 124 valence electrons. The third-order valence-corrected chi connectivity index (χ3v) is 4.41. The second-order valence-corrected chi connectivity index (χ2v) is 6.04. The van der Waals surface area contributed by atoms with Gasteiger partial charge in [0.15, 0.2) is 0 Å². The van der Waals surface area contributed by atoms with Gasteiger partial charge in [-0.1, -0.05) is 31.2 Å². The molecular weight excluding hydrogens is 300 g/mol. The first-order valence-corrected chi connectivity index (χ1v) is 8.47. The molecule has 0 unspecified atom stereocenters. The molecule has 0 saturated carbocycles. The topological polar surface area (TPSA) is 49.4 Å². The molecule has 2 aromatic carbocycles. The Morgan fingerprint density at radius 1 is 1.00 bits per heavy atom. The Labute approximate surface area is 142 Å². The zero-order chi connectivity index (χ0) is 16.9. The number of nitrogens with one attached hydrogen (secondary N) is 1. The molecule has 4 nitrogen and oxygen atoms in total. The molecule has 0 radical (unpaired) electrons. The summed E-state index contributed by atoms with van der Waals surface area (Å²) < 4.78 is 0. The summed E-state index contributed by atoms with van der Waals surface area (Å²) in [7, 11) is 0. The fourth-order valence-electron chi connectivity index (χ4n) is 3.04. The number of para-hydroxylation sites is 1. The number of aryl methyl sites for hydroxylation is 1. The highest BCUT2D eigenvalue weighted by Crippen LogP contribution is 2.18. The summed E-state index contributed by atoms with van der Waals surface area (Å²) in [5.41, 5.74) is 3.00. The highest BCUT2D eigenvalue weighted by Gasteiger charge is 2.20. The first-order chi connectivity index (χ1) is 11.7. The van der Waals surface area contributed by atoms with Crippen LogP contribution in [-0.4, -0.2) is 29.8 Å². The summed E-state index contributed by atoms with van der Waals surface area (Å²) in [6, 6.07) is 14.7. The van der Waals surface area contributed by atoms with Crippen molar-refractivity contribution in [1.29, 1.82) is 0 Å². The van der Waals surface area contributed by atoms with Gasteiger partial charge in [-0.25, -0.2) is 0 Å². The predicted molar refractivity (Wildman–Crippen MR) is 95.4 cm³/mol. The largest absolute Gasteiger partial charge is 0.339 e. The van der Waals surface area contributed by atoms with Crippen molar-refractivity contribution < 1.29 is 9.59 Å². The zero-order valence-electron chi connectivity index (χ0n) is 13.9. The second-order valence-electron chi connectivity index (χ2n) is 6.04. The maximum absolute atomic E-state index is 12.5. The van der Waals surface area contributed by atoms with E-state index in [4.69, 9.17) is 0 Å². The van der Waals surface area contributed by atoms with Gasteiger partial charge in [-0.05, 0) is 49.1 Å². The summed E-state index contributed by atoms with van der Waals surface area (Å²) in [6.45, 7) is 3.67. The molecule has 0 aromatic heterocycles. The molecular formula is C20H22N2O2.